The summed E-state index contributed by atoms with van der Waals surface area (Å²) < 4.78 is 2.14. The van der Waals surface area contributed by atoms with Crippen LogP contribution in [0.15, 0.2) is 18.7 Å². The zero-order chi connectivity index (χ0) is 10.1. The Morgan fingerprint density at radius 3 is 2.69 bits per heavy atom. The lowest BCUT2D eigenvalue weighted by atomic mass is 10.2. The summed E-state index contributed by atoms with van der Waals surface area (Å²) in [6, 6.07) is 0.604. The van der Waals surface area contributed by atoms with Gasteiger partial charge >= 0.3 is 0 Å². The highest BCUT2D eigenvalue weighted by molar-refractivity contribution is 5.32. The molecule has 1 unspecified atom stereocenters. The molecular weight excluding hydrogens is 168 g/mol. The molecule has 1 aromatic heterocycles. The van der Waals surface area contributed by atoms with Crippen molar-refractivity contribution in [2.75, 3.05) is 0 Å². The molecule has 0 aliphatic rings. The van der Waals surface area contributed by atoms with Gasteiger partial charge in [0, 0.05) is 18.4 Å². The van der Waals surface area contributed by atoms with Crippen molar-refractivity contribution in [1.82, 2.24) is 9.55 Å². The van der Waals surface area contributed by atoms with Gasteiger partial charge in [0.15, 0.2) is 0 Å². The quantitative estimate of drug-likeness (QED) is 0.730. The zero-order valence-electron chi connectivity index (χ0n) is 8.05. The third-order valence-corrected chi connectivity index (χ3v) is 1.74. The third-order valence-electron chi connectivity index (χ3n) is 1.74. The van der Waals surface area contributed by atoms with E-state index in [1.165, 1.54) is 12.8 Å². The van der Waals surface area contributed by atoms with E-state index >= 15 is 0 Å². The highest BCUT2D eigenvalue weighted by Crippen LogP contribution is 2.10. The maximum absolute atomic E-state index is 8.36. The van der Waals surface area contributed by atoms with E-state index in [1.807, 2.05) is 18.7 Å². The summed E-state index contributed by atoms with van der Waals surface area (Å²) in [5, 5.41) is 6.89. The van der Waals surface area contributed by atoms with Gasteiger partial charge in [-0.2, -0.15) is 0 Å². The highest BCUT2D eigenvalue weighted by Gasteiger charge is 1.99. The van der Waals surface area contributed by atoms with Gasteiger partial charge in [-0.1, -0.05) is 13.3 Å². The number of hydrogen-bond donors (Lipinski definition) is 1. The first-order valence-corrected chi connectivity index (χ1v) is 4.31. The lowest BCUT2D eigenvalue weighted by Crippen LogP contribution is -2.00. The SMILES string of the molecule is CCCC(C)n1ccnc1.O=CO. The summed E-state index contributed by atoms with van der Waals surface area (Å²) in [7, 11) is 0. The fourth-order valence-electron chi connectivity index (χ4n) is 1.10. The van der Waals surface area contributed by atoms with Crippen LogP contribution in [0.3, 0.4) is 0 Å². The summed E-state index contributed by atoms with van der Waals surface area (Å²) in [4.78, 5) is 12.3. The molecule has 0 aliphatic heterocycles. The topological polar surface area (TPSA) is 55.1 Å². The number of carbonyl (C=O) groups is 1. The van der Waals surface area contributed by atoms with Crippen molar-refractivity contribution in [3.63, 3.8) is 0 Å². The Labute approximate surface area is 78.2 Å². The standard InChI is InChI=1S/C8H14N2.CH2O2/c1-3-4-8(2)10-6-5-9-7-10;2-1-3/h5-8H,3-4H2,1-2H3;1H,(H,2,3). The first-order chi connectivity index (χ1) is 6.26. The van der Waals surface area contributed by atoms with Gasteiger partial charge < -0.3 is 9.67 Å². The van der Waals surface area contributed by atoms with E-state index in [4.69, 9.17) is 9.90 Å². The van der Waals surface area contributed by atoms with Gasteiger partial charge in [-0.3, -0.25) is 4.79 Å². The Kier molecular flexibility index (Phi) is 6.59. The van der Waals surface area contributed by atoms with Crippen LogP contribution in [-0.4, -0.2) is 21.1 Å². The molecule has 4 heteroatoms. The number of imidazole rings is 1. The Balaban J connectivity index is 0.000000424. The van der Waals surface area contributed by atoms with Gasteiger partial charge in [0.25, 0.3) is 6.47 Å². The largest absolute Gasteiger partial charge is 0.483 e. The Morgan fingerprint density at radius 2 is 2.31 bits per heavy atom. The second kappa shape index (κ2) is 7.34. The summed E-state index contributed by atoms with van der Waals surface area (Å²) in [5.74, 6) is 0. The van der Waals surface area contributed by atoms with Gasteiger partial charge in [-0.15, -0.1) is 0 Å². The molecule has 0 saturated carbocycles. The van der Waals surface area contributed by atoms with Crippen LogP contribution in [-0.2, 0) is 4.79 Å². The van der Waals surface area contributed by atoms with Gasteiger partial charge in [0.1, 0.15) is 0 Å². The number of nitrogens with zero attached hydrogens (tertiary/aromatic N) is 2. The molecule has 0 aliphatic carbocycles. The molecule has 1 rings (SSSR count). The second-order valence-electron chi connectivity index (χ2n) is 2.75. The molecule has 0 fully saturated rings. The summed E-state index contributed by atoms with van der Waals surface area (Å²) in [6.07, 6.45) is 8.18. The van der Waals surface area contributed by atoms with Gasteiger partial charge in [0.2, 0.25) is 0 Å². The minimum atomic E-state index is -0.250. The van der Waals surface area contributed by atoms with Crippen LogP contribution >= 0.6 is 0 Å². The first kappa shape index (κ1) is 11.7. The Morgan fingerprint density at radius 1 is 1.69 bits per heavy atom. The molecule has 0 aromatic carbocycles. The molecule has 1 N–H and O–H groups in total. The Bertz CT molecular complexity index is 209. The molecule has 0 bridgehead atoms. The molecule has 0 saturated heterocycles. The van der Waals surface area contributed by atoms with Crippen LogP contribution in [0.5, 0.6) is 0 Å². The van der Waals surface area contributed by atoms with Crippen LogP contribution in [0.4, 0.5) is 0 Å². The average Bonchev–Trinajstić information content (AvgIpc) is 2.58. The number of hydrogen-bond acceptors (Lipinski definition) is 2. The summed E-state index contributed by atoms with van der Waals surface area (Å²) >= 11 is 0. The van der Waals surface area contributed by atoms with Crippen molar-refractivity contribution in [3.05, 3.63) is 18.7 Å². The molecule has 1 atom stereocenters. The molecule has 0 spiro atoms. The molecule has 1 aromatic rings. The molecule has 0 amide bonds. The lowest BCUT2D eigenvalue weighted by molar-refractivity contribution is -0.122. The maximum atomic E-state index is 8.36. The lowest BCUT2D eigenvalue weighted by Gasteiger charge is -2.10. The van der Waals surface area contributed by atoms with Gasteiger partial charge in [-0.05, 0) is 13.3 Å². The molecule has 74 valence electrons. The van der Waals surface area contributed by atoms with Crippen molar-refractivity contribution >= 4 is 6.47 Å². The van der Waals surface area contributed by atoms with Crippen molar-refractivity contribution < 1.29 is 9.90 Å². The minimum Gasteiger partial charge on any atom is -0.483 e. The number of carboxylic acid groups (broad SMARTS) is 1. The van der Waals surface area contributed by atoms with E-state index in [9.17, 15) is 0 Å². The van der Waals surface area contributed by atoms with Crippen LogP contribution in [0.2, 0.25) is 0 Å². The van der Waals surface area contributed by atoms with Crippen LogP contribution in [0, 0.1) is 0 Å². The van der Waals surface area contributed by atoms with Gasteiger partial charge in [0.05, 0.1) is 6.33 Å². The number of rotatable bonds is 3. The van der Waals surface area contributed by atoms with E-state index in [0.717, 1.165) is 0 Å². The molecule has 4 nitrogen and oxygen atoms in total. The second-order valence-corrected chi connectivity index (χ2v) is 2.75. The third kappa shape index (κ3) is 5.00. The molecule has 1 heterocycles. The van der Waals surface area contributed by atoms with Crippen molar-refractivity contribution in [3.8, 4) is 0 Å². The van der Waals surface area contributed by atoms with Crippen LogP contribution in [0.1, 0.15) is 32.7 Å². The predicted octanol–water partition coefficient (Wildman–Crippen LogP) is 1.94. The van der Waals surface area contributed by atoms with E-state index in [-0.39, 0.29) is 6.47 Å². The maximum Gasteiger partial charge on any atom is 0.290 e. The fraction of sp³-hybridized carbons (Fsp3) is 0.556. The molecule has 13 heavy (non-hydrogen) atoms. The van der Waals surface area contributed by atoms with Crippen molar-refractivity contribution in [2.24, 2.45) is 0 Å². The van der Waals surface area contributed by atoms with E-state index in [2.05, 4.69) is 23.4 Å². The van der Waals surface area contributed by atoms with Gasteiger partial charge in [-0.25, -0.2) is 4.98 Å². The van der Waals surface area contributed by atoms with Crippen LogP contribution in [0.25, 0.3) is 0 Å². The zero-order valence-corrected chi connectivity index (χ0v) is 8.05. The first-order valence-electron chi connectivity index (χ1n) is 4.31. The van der Waals surface area contributed by atoms with Crippen LogP contribution < -0.4 is 0 Å². The Hall–Kier alpha value is -1.32. The highest BCUT2D eigenvalue weighted by atomic mass is 16.3. The monoisotopic (exact) mass is 184 g/mol. The minimum absolute atomic E-state index is 0.250. The molecule has 0 radical (unpaired) electrons. The van der Waals surface area contributed by atoms with E-state index in [0.29, 0.717) is 6.04 Å². The van der Waals surface area contributed by atoms with Crippen molar-refractivity contribution in [1.29, 1.82) is 0 Å². The number of aromatic nitrogens is 2. The predicted molar refractivity (Wildman–Crippen MR) is 50.5 cm³/mol. The summed E-state index contributed by atoms with van der Waals surface area (Å²) in [6.45, 7) is 4.17. The van der Waals surface area contributed by atoms with E-state index < -0.39 is 0 Å². The van der Waals surface area contributed by atoms with Crippen molar-refractivity contribution in [2.45, 2.75) is 32.7 Å². The average molecular weight is 184 g/mol. The smallest absolute Gasteiger partial charge is 0.290 e. The summed E-state index contributed by atoms with van der Waals surface area (Å²) in [5.41, 5.74) is 0. The molecular formula is C9H16N2O2. The normalized spacial score (nSPS) is 11.2. The fourth-order valence-corrected chi connectivity index (χ4v) is 1.10. The van der Waals surface area contributed by atoms with E-state index in [1.54, 1.807) is 0 Å².